The predicted molar refractivity (Wildman–Crippen MR) is 82.3 cm³/mol. The predicted octanol–water partition coefficient (Wildman–Crippen LogP) is 3.79. The number of aryl methyl sites for hydroxylation is 1. The largest absolute Gasteiger partial charge is 0.368 e. The van der Waals surface area contributed by atoms with Crippen molar-refractivity contribution in [3.8, 4) is 0 Å². The van der Waals surface area contributed by atoms with Gasteiger partial charge in [0.05, 0.1) is 5.69 Å². The summed E-state index contributed by atoms with van der Waals surface area (Å²) in [4.78, 5) is 1.92. The van der Waals surface area contributed by atoms with Crippen molar-refractivity contribution in [2.45, 2.75) is 26.4 Å². The van der Waals surface area contributed by atoms with Crippen molar-refractivity contribution in [2.75, 3.05) is 11.9 Å². The van der Waals surface area contributed by atoms with E-state index in [4.69, 9.17) is 5.73 Å². The number of rotatable bonds is 4. The van der Waals surface area contributed by atoms with Crippen LogP contribution in [0.5, 0.6) is 0 Å². The van der Waals surface area contributed by atoms with E-state index in [0.717, 1.165) is 11.1 Å². The maximum atomic E-state index is 14.1. The lowest BCUT2D eigenvalue weighted by atomic mass is 10.0. The van der Waals surface area contributed by atoms with Crippen molar-refractivity contribution < 1.29 is 4.39 Å². The molecule has 0 spiro atoms. The second-order valence-electron chi connectivity index (χ2n) is 5.31. The molecular formula is C17H21FN2. The highest BCUT2D eigenvalue weighted by Crippen LogP contribution is 2.28. The molecule has 0 aliphatic rings. The number of halogens is 1. The third-order valence-electron chi connectivity index (χ3n) is 3.39. The van der Waals surface area contributed by atoms with E-state index in [9.17, 15) is 4.39 Å². The average Bonchev–Trinajstić information content (AvgIpc) is 2.38. The van der Waals surface area contributed by atoms with Gasteiger partial charge in [0.15, 0.2) is 0 Å². The Bertz CT molecular complexity index is 593. The molecule has 0 bridgehead atoms. The molecule has 2 nitrogen and oxygen atoms in total. The Hall–Kier alpha value is -1.87. The topological polar surface area (TPSA) is 29.3 Å². The fourth-order valence-electron chi connectivity index (χ4n) is 2.47. The first kappa shape index (κ1) is 14.5. The van der Waals surface area contributed by atoms with Gasteiger partial charge in [-0.05, 0) is 31.0 Å². The fourth-order valence-corrected chi connectivity index (χ4v) is 2.47. The van der Waals surface area contributed by atoms with E-state index in [-0.39, 0.29) is 11.9 Å². The van der Waals surface area contributed by atoms with E-state index in [2.05, 4.69) is 25.1 Å². The van der Waals surface area contributed by atoms with Gasteiger partial charge in [-0.1, -0.05) is 42.0 Å². The summed E-state index contributed by atoms with van der Waals surface area (Å²) in [7, 11) is 1.90. The second-order valence-corrected chi connectivity index (χ2v) is 5.31. The van der Waals surface area contributed by atoms with Gasteiger partial charge in [0.25, 0.3) is 0 Å². The molecule has 0 aliphatic heterocycles. The number of nitrogens with zero attached hydrogens (tertiary/aromatic N) is 1. The standard InChI is InChI=1S/C17H21FN2/c1-12-6-4-7-14(10-12)11-20(3)17-15(13(2)19)8-5-9-16(17)18/h4-10,13H,11,19H2,1-3H3/t13-/m0/s1. The molecule has 0 aliphatic carbocycles. The molecule has 2 rings (SSSR count). The van der Waals surface area contributed by atoms with Crippen LogP contribution in [0.3, 0.4) is 0 Å². The van der Waals surface area contributed by atoms with E-state index < -0.39 is 0 Å². The van der Waals surface area contributed by atoms with Crippen LogP contribution in [0.25, 0.3) is 0 Å². The van der Waals surface area contributed by atoms with Gasteiger partial charge in [-0.15, -0.1) is 0 Å². The Labute approximate surface area is 120 Å². The highest BCUT2D eigenvalue weighted by molar-refractivity contribution is 5.56. The molecule has 2 aromatic rings. The van der Waals surface area contributed by atoms with Crippen LogP contribution < -0.4 is 10.6 Å². The molecule has 3 heteroatoms. The third-order valence-corrected chi connectivity index (χ3v) is 3.39. The summed E-state index contributed by atoms with van der Waals surface area (Å²) in [5.74, 6) is -0.227. The van der Waals surface area contributed by atoms with Crippen LogP contribution in [0.4, 0.5) is 10.1 Å². The fraction of sp³-hybridized carbons (Fsp3) is 0.294. The number of benzene rings is 2. The van der Waals surface area contributed by atoms with Gasteiger partial charge in [0.1, 0.15) is 5.82 Å². The van der Waals surface area contributed by atoms with Crippen molar-refractivity contribution >= 4 is 5.69 Å². The lowest BCUT2D eigenvalue weighted by Gasteiger charge is -2.24. The quantitative estimate of drug-likeness (QED) is 0.917. The Morgan fingerprint density at radius 1 is 1.20 bits per heavy atom. The van der Waals surface area contributed by atoms with E-state index in [0.29, 0.717) is 12.2 Å². The van der Waals surface area contributed by atoms with Gasteiger partial charge in [-0.25, -0.2) is 4.39 Å². The SMILES string of the molecule is Cc1cccc(CN(C)c2c(F)cccc2[C@H](C)N)c1. The highest BCUT2D eigenvalue weighted by atomic mass is 19.1. The molecule has 0 saturated heterocycles. The van der Waals surface area contributed by atoms with Crippen LogP contribution in [0, 0.1) is 12.7 Å². The highest BCUT2D eigenvalue weighted by Gasteiger charge is 2.15. The van der Waals surface area contributed by atoms with Gasteiger partial charge < -0.3 is 10.6 Å². The third kappa shape index (κ3) is 3.17. The molecule has 0 fully saturated rings. The van der Waals surface area contributed by atoms with E-state index in [1.54, 1.807) is 6.07 Å². The summed E-state index contributed by atoms with van der Waals surface area (Å²) < 4.78 is 14.1. The van der Waals surface area contributed by atoms with Crippen molar-refractivity contribution in [3.05, 3.63) is 65.0 Å². The van der Waals surface area contributed by atoms with E-state index >= 15 is 0 Å². The first-order valence-corrected chi connectivity index (χ1v) is 6.79. The minimum absolute atomic E-state index is 0.194. The molecular weight excluding hydrogens is 251 g/mol. The minimum Gasteiger partial charge on any atom is -0.368 e. The van der Waals surface area contributed by atoms with Crippen LogP contribution in [0.15, 0.2) is 42.5 Å². The van der Waals surface area contributed by atoms with Crippen LogP contribution in [0.2, 0.25) is 0 Å². The van der Waals surface area contributed by atoms with Gasteiger partial charge in [0.2, 0.25) is 0 Å². The zero-order chi connectivity index (χ0) is 14.7. The molecule has 0 amide bonds. The monoisotopic (exact) mass is 272 g/mol. The molecule has 20 heavy (non-hydrogen) atoms. The molecule has 0 aromatic heterocycles. The van der Waals surface area contributed by atoms with Gasteiger partial charge in [0, 0.05) is 19.6 Å². The Morgan fingerprint density at radius 2 is 1.90 bits per heavy atom. The second kappa shape index (κ2) is 6.06. The summed E-state index contributed by atoms with van der Waals surface area (Å²) in [5.41, 5.74) is 9.73. The lowest BCUT2D eigenvalue weighted by Crippen LogP contribution is -2.21. The van der Waals surface area contributed by atoms with Crippen molar-refractivity contribution in [1.29, 1.82) is 0 Å². The Kier molecular flexibility index (Phi) is 4.40. The van der Waals surface area contributed by atoms with Gasteiger partial charge in [-0.3, -0.25) is 0 Å². The number of nitrogens with two attached hydrogens (primary N) is 1. The number of hydrogen-bond donors (Lipinski definition) is 1. The van der Waals surface area contributed by atoms with Gasteiger partial charge in [-0.2, -0.15) is 0 Å². The van der Waals surface area contributed by atoms with Crippen molar-refractivity contribution in [3.63, 3.8) is 0 Å². The molecule has 0 saturated carbocycles. The molecule has 2 N–H and O–H groups in total. The Morgan fingerprint density at radius 3 is 2.55 bits per heavy atom. The molecule has 2 aromatic carbocycles. The summed E-state index contributed by atoms with van der Waals surface area (Å²) >= 11 is 0. The average molecular weight is 272 g/mol. The lowest BCUT2D eigenvalue weighted by molar-refractivity contribution is 0.616. The maximum Gasteiger partial charge on any atom is 0.146 e. The summed E-state index contributed by atoms with van der Waals surface area (Å²) in [6.07, 6.45) is 0. The molecule has 0 unspecified atom stereocenters. The van der Waals surface area contributed by atoms with Crippen molar-refractivity contribution in [1.82, 2.24) is 0 Å². The number of anilines is 1. The smallest absolute Gasteiger partial charge is 0.146 e. The number of para-hydroxylation sites is 1. The normalized spacial score (nSPS) is 12.2. The maximum absolute atomic E-state index is 14.1. The van der Waals surface area contributed by atoms with E-state index in [1.165, 1.54) is 11.6 Å². The van der Waals surface area contributed by atoms with E-state index in [1.807, 2.05) is 31.0 Å². The molecule has 106 valence electrons. The minimum atomic E-state index is -0.227. The summed E-state index contributed by atoms with van der Waals surface area (Å²) in [6, 6.07) is 13.1. The summed E-state index contributed by atoms with van der Waals surface area (Å²) in [5, 5.41) is 0. The number of hydrogen-bond acceptors (Lipinski definition) is 2. The molecule has 1 atom stereocenters. The first-order chi connectivity index (χ1) is 9.49. The first-order valence-electron chi connectivity index (χ1n) is 6.79. The Balaban J connectivity index is 2.31. The zero-order valence-electron chi connectivity index (χ0n) is 12.2. The van der Waals surface area contributed by atoms with Crippen molar-refractivity contribution in [2.24, 2.45) is 5.73 Å². The van der Waals surface area contributed by atoms with Crippen LogP contribution in [-0.2, 0) is 6.54 Å². The van der Waals surface area contributed by atoms with Crippen LogP contribution in [0.1, 0.15) is 29.7 Å². The molecule has 0 radical (unpaired) electrons. The van der Waals surface area contributed by atoms with Gasteiger partial charge >= 0.3 is 0 Å². The molecule has 0 heterocycles. The van der Waals surface area contributed by atoms with Crippen LogP contribution in [-0.4, -0.2) is 7.05 Å². The summed E-state index contributed by atoms with van der Waals surface area (Å²) in [6.45, 7) is 4.58. The zero-order valence-corrected chi connectivity index (χ0v) is 12.2. The van der Waals surface area contributed by atoms with Crippen LogP contribution >= 0.6 is 0 Å².